The molecule has 0 atom stereocenters. The Morgan fingerprint density at radius 1 is 1.23 bits per heavy atom. The smallest absolute Gasteiger partial charge is 0.433 e. The average Bonchev–Trinajstić information content (AvgIpc) is 3.30. The molecule has 0 aromatic carbocycles. The SMILES string of the molecule is COc1cc(C(F)(F)F)n2nc(C(=O)N3CCC(N4CCOC4=O)CC3)c(Cl)c2c1Cl. The molecule has 4 rings (SSSR count). The predicted molar refractivity (Wildman–Crippen MR) is 104 cm³/mol. The minimum absolute atomic E-state index is 0.0638. The summed E-state index contributed by atoms with van der Waals surface area (Å²) in [6.07, 6.45) is -4.15. The Labute approximate surface area is 184 Å². The fourth-order valence-electron chi connectivity index (χ4n) is 3.88. The number of rotatable bonds is 3. The number of alkyl halides is 3. The number of halogens is 5. The largest absolute Gasteiger partial charge is 0.495 e. The second-order valence-corrected chi connectivity index (χ2v) is 7.92. The Bertz CT molecular complexity index is 1050. The van der Waals surface area contributed by atoms with Crippen molar-refractivity contribution in [3.63, 3.8) is 0 Å². The quantitative estimate of drug-likeness (QED) is 0.668. The van der Waals surface area contributed by atoms with Crippen LogP contribution in [0.25, 0.3) is 5.52 Å². The van der Waals surface area contributed by atoms with Crippen LogP contribution in [-0.2, 0) is 10.9 Å². The number of likely N-dealkylation sites (tertiary alicyclic amines) is 1. The van der Waals surface area contributed by atoms with E-state index in [1.807, 2.05) is 0 Å². The van der Waals surface area contributed by atoms with E-state index in [-0.39, 0.29) is 39.1 Å². The number of hydrogen-bond donors (Lipinski definition) is 0. The van der Waals surface area contributed by atoms with Gasteiger partial charge >= 0.3 is 12.3 Å². The van der Waals surface area contributed by atoms with E-state index in [1.165, 1.54) is 12.0 Å². The molecular formula is C18H17Cl2F3N4O4. The van der Waals surface area contributed by atoms with Crippen molar-refractivity contribution in [2.45, 2.75) is 25.1 Å². The molecule has 2 amide bonds. The predicted octanol–water partition coefficient (Wildman–Crippen LogP) is 3.73. The van der Waals surface area contributed by atoms with Crippen LogP contribution in [0.5, 0.6) is 5.75 Å². The van der Waals surface area contributed by atoms with Crippen LogP contribution in [0.1, 0.15) is 29.0 Å². The fourth-order valence-corrected chi connectivity index (χ4v) is 4.53. The van der Waals surface area contributed by atoms with E-state index in [4.69, 9.17) is 32.7 Å². The molecule has 0 saturated carbocycles. The van der Waals surface area contributed by atoms with Gasteiger partial charge in [-0.1, -0.05) is 23.2 Å². The van der Waals surface area contributed by atoms with E-state index < -0.39 is 17.8 Å². The molecule has 2 aliphatic heterocycles. The molecule has 8 nitrogen and oxygen atoms in total. The molecule has 0 N–H and O–H groups in total. The van der Waals surface area contributed by atoms with Gasteiger partial charge in [-0.3, -0.25) is 4.79 Å². The molecule has 31 heavy (non-hydrogen) atoms. The Morgan fingerprint density at radius 3 is 2.45 bits per heavy atom. The summed E-state index contributed by atoms with van der Waals surface area (Å²) in [5.41, 5.74) is -1.76. The van der Waals surface area contributed by atoms with Crippen molar-refractivity contribution in [2.75, 3.05) is 33.4 Å². The van der Waals surface area contributed by atoms with Crippen LogP contribution < -0.4 is 4.74 Å². The number of hydrogen-bond acceptors (Lipinski definition) is 5. The lowest BCUT2D eigenvalue weighted by molar-refractivity contribution is -0.142. The number of ether oxygens (including phenoxy) is 2. The number of carbonyl (C=O) groups excluding carboxylic acids is 2. The first-order chi connectivity index (χ1) is 14.6. The Balaban J connectivity index is 1.64. The van der Waals surface area contributed by atoms with Crippen LogP contribution in [0.15, 0.2) is 6.07 Å². The number of methoxy groups -OCH3 is 1. The van der Waals surface area contributed by atoms with Crippen molar-refractivity contribution < 1.29 is 32.2 Å². The molecule has 2 aromatic heterocycles. The topological polar surface area (TPSA) is 76.4 Å². The van der Waals surface area contributed by atoms with Gasteiger partial charge in [-0.15, -0.1) is 0 Å². The zero-order valence-corrected chi connectivity index (χ0v) is 17.7. The van der Waals surface area contributed by atoms with Gasteiger partial charge in [-0.25, -0.2) is 9.31 Å². The van der Waals surface area contributed by atoms with Gasteiger partial charge in [0.25, 0.3) is 5.91 Å². The summed E-state index contributed by atoms with van der Waals surface area (Å²) in [6.45, 7) is 1.41. The molecule has 168 valence electrons. The number of nitrogens with zero attached hydrogens (tertiary/aromatic N) is 4. The minimum atomic E-state index is -4.78. The summed E-state index contributed by atoms with van der Waals surface area (Å²) in [5, 5.41) is 3.38. The maximum absolute atomic E-state index is 13.5. The molecule has 2 aliphatic rings. The summed E-state index contributed by atoms with van der Waals surface area (Å²) in [7, 11) is 1.18. The van der Waals surface area contributed by atoms with Gasteiger partial charge in [0.05, 0.1) is 13.7 Å². The van der Waals surface area contributed by atoms with E-state index in [0.29, 0.717) is 49.7 Å². The van der Waals surface area contributed by atoms with Crippen molar-refractivity contribution in [3.05, 3.63) is 27.5 Å². The summed E-state index contributed by atoms with van der Waals surface area (Å²) in [4.78, 5) is 27.8. The monoisotopic (exact) mass is 480 g/mol. The number of fused-ring (bicyclic) bond motifs is 1. The second-order valence-electron chi connectivity index (χ2n) is 7.16. The number of amides is 2. The van der Waals surface area contributed by atoms with E-state index in [0.717, 1.165) is 0 Å². The number of carbonyl (C=O) groups is 2. The second kappa shape index (κ2) is 7.94. The summed E-state index contributed by atoms with van der Waals surface area (Å²) >= 11 is 12.4. The van der Waals surface area contributed by atoms with Crippen LogP contribution in [0.3, 0.4) is 0 Å². The third-order valence-electron chi connectivity index (χ3n) is 5.45. The van der Waals surface area contributed by atoms with Crippen LogP contribution in [0.4, 0.5) is 18.0 Å². The zero-order chi connectivity index (χ0) is 22.5. The minimum Gasteiger partial charge on any atom is -0.495 e. The Hall–Kier alpha value is -2.40. The van der Waals surface area contributed by atoms with Crippen LogP contribution in [0.2, 0.25) is 10.0 Å². The lowest BCUT2D eigenvalue weighted by Crippen LogP contribution is -2.47. The first-order valence-electron chi connectivity index (χ1n) is 9.38. The molecule has 0 bridgehead atoms. The van der Waals surface area contributed by atoms with Crippen molar-refractivity contribution in [3.8, 4) is 5.75 Å². The summed E-state index contributed by atoms with van der Waals surface area (Å²) in [6, 6.07) is 0.638. The van der Waals surface area contributed by atoms with Crippen LogP contribution >= 0.6 is 23.2 Å². The van der Waals surface area contributed by atoms with E-state index >= 15 is 0 Å². The maximum Gasteiger partial charge on any atom is 0.433 e. The summed E-state index contributed by atoms with van der Waals surface area (Å²) in [5.74, 6) is -0.847. The van der Waals surface area contributed by atoms with Crippen molar-refractivity contribution >= 4 is 40.7 Å². The number of piperidine rings is 1. The van der Waals surface area contributed by atoms with Gasteiger partial charge in [0.1, 0.15) is 27.9 Å². The molecule has 2 saturated heterocycles. The lowest BCUT2D eigenvalue weighted by atomic mass is 10.0. The molecule has 4 heterocycles. The average molecular weight is 481 g/mol. The van der Waals surface area contributed by atoms with Crippen LogP contribution in [0, 0.1) is 0 Å². The first-order valence-corrected chi connectivity index (χ1v) is 10.1. The van der Waals surface area contributed by atoms with Crippen LogP contribution in [-0.4, -0.2) is 70.8 Å². The Kier molecular flexibility index (Phi) is 5.59. The summed E-state index contributed by atoms with van der Waals surface area (Å²) < 4.78 is 51.0. The maximum atomic E-state index is 13.5. The molecule has 2 fully saturated rings. The number of aromatic nitrogens is 2. The van der Waals surface area contributed by atoms with Gasteiger partial charge in [0.2, 0.25) is 0 Å². The molecule has 0 spiro atoms. The van der Waals surface area contributed by atoms with Gasteiger partial charge in [0, 0.05) is 25.2 Å². The van der Waals surface area contributed by atoms with Gasteiger partial charge < -0.3 is 19.3 Å². The normalized spacial score (nSPS) is 18.1. The van der Waals surface area contributed by atoms with Gasteiger partial charge in [-0.05, 0) is 12.8 Å². The highest BCUT2D eigenvalue weighted by molar-refractivity contribution is 6.42. The fraction of sp³-hybridized carbons (Fsp3) is 0.500. The van der Waals surface area contributed by atoms with Gasteiger partial charge in [0.15, 0.2) is 11.4 Å². The van der Waals surface area contributed by atoms with Crippen molar-refractivity contribution in [1.29, 1.82) is 0 Å². The number of cyclic esters (lactones) is 1. The molecule has 2 aromatic rings. The van der Waals surface area contributed by atoms with Gasteiger partial charge in [-0.2, -0.15) is 18.3 Å². The van der Waals surface area contributed by atoms with E-state index in [1.54, 1.807) is 4.90 Å². The van der Waals surface area contributed by atoms with E-state index in [9.17, 15) is 22.8 Å². The standard InChI is InChI=1S/C18H17Cl2F3N4O4/c1-30-10-8-11(18(21,22)23)27-15(12(10)19)13(20)14(24-27)16(28)25-4-2-9(3-5-25)26-6-7-31-17(26)29/h8-9H,2-7H2,1H3. The third kappa shape index (κ3) is 3.73. The Morgan fingerprint density at radius 2 is 1.90 bits per heavy atom. The van der Waals surface area contributed by atoms with E-state index in [2.05, 4.69) is 5.10 Å². The number of pyridine rings is 1. The molecule has 0 radical (unpaired) electrons. The molecule has 0 aliphatic carbocycles. The highest BCUT2D eigenvalue weighted by Crippen LogP contribution is 2.41. The molecular weight excluding hydrogens is 464 g/mol. The highest BCUT2D eigenvalue weighted by Gasteiger charge is 2.39. The van der Waals surface area contributed by atoms with Crippen molar-refractivity contribution in [2.24, 2.45) is 0 Å². The third-order valence-corrected chi connectivity index (χ3v) is 6.17. The lowest BCUT2D eigenvalue weighted by Gasteiger charge is -2.35. The zero-order valence-electron chi connectivity index (χ0n) is 16.2. The highest BCUT2D eigenvalue weighted by atomic mass is 35.5. The van der Waals surface area contributed by atoms with Crippen molar-refractivity contribution in [1.82, 2.24) is 19.4 Å². The molecule has 0 unspecified atom stereocenters. The molecule has 13 heteroatoms. The first kappa shape index (κ1) is 21.8.